The van der Waals surface area contributed by atoms with Crippen LogP contribution in [0.1, 0.15) is 22.6 Å². The van der Waals surface area contributed by atoms with Crippen LogP contribution in [0.3, 0.4) is 0 Å². The molecule has 0 spiro atoms. The number of ether oxygens (including phenoxy) is 2. The van der Waals surface area contributed by atoms with Crippen LogP contribution in [0.2, 0.25) is 0 Å². The van der Waals surface area contributed by atoms with E-state index in [-0.39, 0.29) is 17.8 Å². The van der Waals surface area contributed by atoms with E-state index in [4.69, 9.17) is 9.47 Å². The number of thioether (sulfide) groups is 1. The summed E-state index contributed by atoms with van der Waals surface area (Å²) in [6, 6.07) is 14.9. The molecule has 0 aromatic heterocycles. The van der Waals surface area contributed by atoms with Gasteiger partial charge < -0.3 is 19.5 Å². The Hall–Kier alpha value is -2.18. The molecule has 1 heterocycles. The molecule has 25 heavy (non-hydrogen) atoms. The molecule has 0 bridgehead atoms. The third kappa shape index (κ3) is 3.75. The van der Waals surface area contributed by atoms with E-state index in [0.717, 1.165) is 11.1 Å². The Morgan fingerprint density at radius 1 is 1.20 bits per heavy atom. The van der Waals surface area contributed by atoms with Gasteiger partial charge in [0, 0.05) is 5.56 Å². The maximum Gasteiger partial charge on any atom is 0.233 e. The first kappa shape index (κ1) is 17.6. The van der Waals surface area contributed by atoms with E-state index in [1.165, 1.54) is 11.8 Å². The van der Waals surface area contributed by atoms with Crippen LogP contribution in [0, 0.1) is 0 Å². The number of aliphatic hydroxyl groups is 1. The number of amides is 1. The molecule has 3 rings (SSSR count). The zero-order chi connectivity index (χ0) is 17.8. The minimum Gasteiger partial charge on any atom is -0.497 e. The van der Waals surface area contributed by atoms with Crippen molar-refractivity contribution < 1.29 is 19.4 Å². The second-order valence-electron chi connectivity index (χ2n) is 5.74. The lowest BCUT2D eigenvalue weighted by atomic mass is 10.1. The van der Waals surface area contributed by atoms with Crippen molar-refractivity contribution in [3.8, 4) is 11.5 Å². The van der Waals surface area contributed by atoms with Crippen molar-refractivity contribution in [1.82, 2.24) is 4.90 Å². The lowest BCUT2D eigenvalue weighted by molar-refractivity contribution is -0.129. The second kappa shape index (κ2) is 7.80. The molecule has 2 aromatic rings. The van der Waals surface area contributed by atoms with Crippen molar-refractivity contribution >= 4 is 17.7 Å². The number of carbonyl (C=O) groups excluding carboxylic acids is 1. The van der Waals surface area contributed by atoms with Gasteiger partial charge in [-0.15, -0.1) is 11.8 Å². The van der Waals surface area contributed by atoms with Gasteiger partial charge in [-0.3, -0.25) is 4.79 Å². The van der Waals surface area contributed by atoms with E-state index in [2.05, 4.69) is 0 Å². The van der Waals surface area contributed by atoms with E-state index in [1.807, 2.05) is 48.5 Å². The van der Waals surface area contributed by atoms with Gasteiger partial charge in [0.25, 0.3) is 0 Å². The van der Waals surface area contributed by atoms with Gasteiger partial charge in [0.15, 0.2) is 0 Å². The number of hydrogen-bond donors (Lipinski definition) is 1. The fraction of sp³-hybridized carbons (Fsp3) is 0.316. The average Bonchev–Trinajstić information content (AvgIpc) is 3.02. The molecule has 1 N–H and O–H groups in total. The highest BCUT2D eigenvalue weighted by Gasteiger charge is 2.36. The van der Waals surface area contributed by atoms with Gasteiger partial charge in [0.2, 0.25) is 5.91 Å². The van der Waals surface area contributed by atoms with Crippen molar-refractivity contribution in [2.75, 3.05) is 26.5 Å². The Kier molecular flexibility index (Phi) is 5.50. The zero-order valence-electron chi connectivity index (χ0n) is 14.2. The van der Waals surface area contributed by atoms with Gasteiger partial charge in [0.1, 0.15) is 16.9 Å². The Morgan fingerprint density at radius 2 is 1.96 bits per heavy atom. The number of β-amino-alcohol motifs (C(OH)–C–C–N with tert-alkyl or cyclic N) is 1. The van der Waals surface area contributed by atoms with Crippen LogP contribution in [0.25, 0.3) is 0 Å². The van der Waals surface area contributed by atoms with E-state index in [9.17, 15) is 9.90 Å². The number of aliphatic hydroxyl groups excluding tert-OH is 1. The van der Waals surface area contributed by atoms with Crippen LogP contribution in [-0.2, 0) is 4.79 Å². The number of methoxy groups -OCH3 is 2. The molecule has 1 saturated heterocycles. The highest BCUT2D eigenvalue weighted by molar-refractivity contribution is 8.00. The van der Waals surface area contributed by atoms with Crippen molar-refractivity contribution in [2.24, 2.45) is 0 Å². The highest BCUT2D eigenvalue weighted by atomic mass is 32.2. The van der Waals surface area contributed by atoms with Crippen LogP contribution < -0.4 is 9.47 Å². The molecule has 1 fully saturated rings. The number of carbonyl (C=O) groups is 1. The standard InChI is InChI=1S/C19H21NO4S/c1-23-14-8-9-17(24-2)15(10-14)19-20(18(22)12-25-19)11-16(21)13-6-4-3-5-7-13/h3-10,16,19,21H,11-12H2,1-2H3/t16-,19-/m0/s1. The van der Waals surface area contributed by atoms with E-state index < -0.39 is 6.10 Å². The first-order valence-electron chi connectivity index (χ1n) is 8.00. The predicted molar refractivity (Wildman–Crippen MR) is 97.9 cm³/mol. The first-order chi connectivity index (χ1) is 12.1. The molecule has 0 unspecified atom stereocenters. The third-order valence-electron chi connectivity index (χ3n) is 4.22. The minimum absolute atomic E-state index is 0.00912. The average molecular weight is 359 g/mol. The van der Waals surface area contributed by atoms with Crippen molar-refractivity contribution in [2.45, 2.75) is 11.5 Å². The first-order valence-corrected chi connectivity index (χ1v) is 9.05. The maximum atomic E-state index is 12.4. The Balaban J connectivity index is 1.87. The van der Waals surface area contributed by atoms with Crippen LogP contribution in [0.4, 0.5) is 0 Å². The quantitative estimate of drug-likeness (QED) is 0.859. The fourth-order valence-corrected chi connectivity index (χ4v) is 4.12. The van der Waals surface area contributed by atoms with E-state index in [1.54, 1.807) is 19.1 Å². The number of nitrogens with zero attached hydrogens (tertiary/aromatic N) is 1. The summed E-state index contributed by atoms with van der Waals surface area (Å²) in [5.41, 5.74) is 1.67. The molecule has 132 valence electrons. The Bertz CT molecular complexity index is 737. The Labute approximate surface area is 151 Å². The van der Waals surface area contributed by atoms with Crippen LogP contribution >= 0.6 is 11.8 Å². The second-order valence-corrected chi connectivity index (χ2v) is 6.81. The molecule has 1 aliphatic heterocycles. The third-order valence-corrected chi connectivity index (χ3v) is 5.46. The van der Waals surface area contributed by atoms with Gasteiger partial charge in [-0.1, -0.05) is 30.3 Å². The Morgan fingerprint density at radius 3 is 2.64 bits per heavy atom. The van der Waals surface area contributed by atoms with Gasteiger partial charge in [0.05, 0.1) is 32.6 Å². The maximum absolute atomic E-state index is 12.4. The summed E-state index contributed by atoms with van der Waals surface area (Å²) in [4.78, 5) is 14.1. The van der Waals surface area contributed by atoms with E-state index in [0.29, 0.717) is 17.3 Å². The summed E-state index contributed by atoms with van der Waals surface area (Å²) in [6.07, 6.45) is -0.733. The van der Waals surface area contributed by atoms with Crippen molar-refractivity contribution in [3.63, 3.8) is 0 Å². The van der Waals surface area contributed by atoms with Crippen molar-refractivity contribution in [3.05, 3.63) is 59.7 Å². The topological polar surface area (TPSA) is 59.0 Å². The van der Waals surface area contributed by atoms with Gasteiger partial charge >= 0.3 is 0 Å². The lowest BCUT2D eigenvalue weighted by Gasteiger charge is -2.28. The summed E-state index contributed by atoms with van der Waals surface area (Å²) in [6.45, 7) is 0.237. The molecule has 0 radical (unpaired) electrons. The van der Waals surface area contributed by atoms with Gasteiger partial charge in [-0.25, -0.2) is 0 Å². The minimum atomic E-state index is -0.733. The molecule has 2 atom stereocenters. The van der Waals surface area contributed by atoms with Gasteiger partial charge in [-0.05, 0) is 23.8 Å². The molecule has 0 aliphatic carbocycles. The summed E-state index contributed by atoms with van der Waals surface area (Å²) >= 11 is 1.53. The van der Waals surface area contributed by atoms with E-state index >= 15 is 0 Å². The van der Waals surface area contributed by atoms with Gasteiger partial charge in [-0.2, -0.15) is 0 Å². The normalized spacial score (nSPS) is 18.3. The zero-order valence-corrected chi connectivity index (χ0v) is 15.0. The number of hydrogen-bond acceptors (Lipinski definition) is 5. The highest BCUT2D eigenvalue weighted by Crippen LogP contribution is 2.44. The molecular weight excluding hydrogens is 338 g/mol. The number of benzene rings is 2. The summed E-state index contributed by atoms with van der Waals surface area (Å²) in [7, 11) is 3.21. The lowest BCUT2D eigenvalue weighted by Crippen LogP contribution is -2.32. The summed E-state index contributed by atoms with van der Waals surface area (Å²) in [5, 5.41) is 10.3. The molecule has 0 saturated carbocycles. The molecule has 1 amide bonds. The molecule has 6 heteroatoms. The molecular formula is C19H21NO4S. The summed E-state index contributed by atoms with van der Waals surface area (Å²) in [5.74, 6) is 1.80. The monoisotopic (exact) mass is 359 g/mol. The van der Waals surface area contributed by atoms with Crippen LogP contribution in [0.15, 0.2) is 48.5 Å². The molecule has 5 nitrogen and oxygen atoms in total. The predicted octanol–water partition coefficient (Wildman–Crippen LogP) is 3.01. The molecule has 2 aromatic carbocycles. The summed E-state index contributed by atoms with van der Waals surface area (Å²) < 4.78 is 10.8. The van der Waals surface area contributed by atoms with Crippen LogP contribution in [-0.4, -0.2) is 42.4 Å². The van der Waals surface area contributed by atoms with Crippen molar-refractivity contribution in [1.29, 1.82) is 0 Å². The SMILES string of the molecule is COc1ccc(OC)c([C@@H]2SCC(=O)N2C[C@H](O)c2ccccc2)c1. The fourth-order valence-electron chi connectivity index (χ4n) is 2.91. The largest absolute Gasteiger partial charge is 0.497 e. The smallest absolute Gasteiger partial charge is 0.233 e. The molecule has 1 aliphatic rings. The van der Waals surface area contributed by atoms with Crippen LogP contribution in [0.5, 0.6) is 11.5 Å². The number of rotatable bonds is 6.